The first-order valence-corrected chi connectivity index (χ1v) is 8.66. The molecule has 1 amide bonds. The second-order valence-electron chi connectivity index (χ2n) is 5.02. The van der Waals surface area contributed by atoms with Gasteiger partial charge in [0.2, 0.25) is 5.78 Å². The molecule has 0 atom stereocenters. The monoisotopic (exact) mass is 433 g/mol. The van der Waals surface area contributed by atoms with Gasteiger partial charge in [0.15, 0.2) is 6.61 Å². The van der Waals surface area contributed by atoms with Crippen molar-refractivity contribution in [1.82, 2.24) is 5.32 Å². The van der Waals surface area contributed by atoms with Crippen molar-refractivity contribution >= 4 is 64.1 Å². The first-order chi connectivity index (χ1) is 12.3. The summed E-state index contributed by atoms with van der Waals surface area (Å²) in [5.41, 5.74) is 0.417. The van der Waals surface area contributed by atoms with Crippen LogP contribution < -0.4 is 5.32 Å². The summed E-state index contributed by atoms with van der Waals surface area (Å²) in [7, 11) is 0. The van der Waals surface area contributed by atoms with Crippen molar-refractivity contribution in [3.63, 3.8) is 0 Å². The third-order valence-electron chi connectivity index (χ3n) is 3.17. The molecule has 0 saturated carbocycles. The fourth-order valence-corrected chi connectivity index (χ4v) is 2.69. The van der Waals surface area contributed by atoms with Gasteiger partial charge in [-0.3, -0.25) is 14.4 Å². The lowest BCUT2D eigenvalue weighted by Crippen LogP contribution is -2.31. The number of carbonyl (C=O) groups is 3. The van der Waals surface area contributed by atoms with Crippen molar-refractivity contribution in [1.29, 1.82) is 0 Å². The van der Waals surface area contributed by atoms with Crippen molar-refractivity contribution in [2.24, 2.45) is 0 Å². The van der Waals surface area contributed by atoms with Crippen LogP contribution >= 0.6 is 46.4 Å². The van der Waals surface area contributed by atoms with E-state index in [0.29, 0.717) is 10.0 Å². The van der Waals surface area contributed by atoms with Gasteiger partial charge in [-0.15, -0.1) is 0 Å². The standard InChI is InChI=1S/C17H11Cl4NO4/c18-10-2-3-11(13(20)6-10)15(23)8-26-16(24)7-22-17(25)9-1-4-12(19)14(21)5-9/h1-6H,7-8H2,(H,22,25). The van der Waals surface area contributed by atoms with Gasteiger partial charge in [-0.25, -0.2) is 0 Å². The van der Waals surface area contributed by atoms with Crippen molar-refractivity contribution in [3.8, 4) is 0 Å². The maximum atomic E-state index is 12.0. The normalized spacial score (nSPS) is 10.3. The van der Waals surface area contributed by atoms with Gasteiger partial charge in [-0.2, -0.15) is 0 Å². The third kappa shape index (κ3) is 5.61. The van der Waals surface area contributed by atoms with Gasteiger partial charge in [-0.05, 0) is 36.4 Å². The minimum Gasteiger partial charge on any atom is -0.456 e. The van der Waals surface area contributed by atoms with Crippen LogP contribution in [-0.4, -0.2) is 30.8 Å². The van der Waals surface area contributed by atoms with E-state index in [0.717, 1.165) is 0 Å². The minimum absolute atomic E-state index is 0.159. The van der Waals surface area contributed by atoms with Crippen molar-refractivity contribution in [3.05, 3.63) is 67.6 Å². The van der Waals surface area contributed by atoms with Crippen LogP contribution in [0.15, 0.2) is 36.4 Å². The summed E-state index contributed by atoms with van der Waals surface area (Å²) in [4.78, 5) is 35.6. The Morgan fingerprint density at radius 1 is 0.885 bits per heavy atom. The second kappa shape index (κ2) is 9.24. The van der Waals surface area contributed by atoms with E-state index in [-0.39, 0.29) is 21.2 Å². The molecule has 2 aromatic rings. The molecule has 2 rings (SSSR count). The van der Waals surface area contributed by atoms with Crippen molar-refractivity contribution in [2.45, 2.75) is 0 Å². The van der Waals surface area contributed by atoms with Gasteiger partial charge >= 0.3 is 5.97 Å². The quantitative estimate of drug-likeness (QED) is 0.538. The highest BCUT2D eigenvalue weighted by Crippen LogP contribution is 2.23. The zero-order chi connectivity index (χ0) is 19.3. The van der Waals surface area contributed by atoms with Crippen molar-refractivity contribution in [2.75, 3.05) is 13.2 Å². The molecule has 0 fully saturated rings. The molecule has 0 aliphatic heterocycles. The number of nitrogens with one attached hydrogen (secondary N) is 1. The van der Waals surface area contributed by atoms with Crippen LogP contribution in [0.4, 0.5) is 0 Å². The van der Waals surface area contributed by atoms with E-state index in [9.17, 15) is 14.4 Å². The zero-order valence-corrected chi connectivity index (χ0v) is 16.0. The number of rotatable bonds is 6. The molecule has 26 heavy (non-hydrogen) atoms. The number of ketones is 1. The van der Waals surface area contributed by atoms with Gasteiger partial charge in [0.1, 0.15) is 6.54 Å². The Labute approximate surface area is 169 Å². The lowest BCUT2D eigenvalue weighted by Gasteiger charge is -2.08. The summed E-state index contributed by atoms with van der Waals surface area (Å²) >= 11 is 23.3. The largest absolute Gasteiger partial charge is 0.456 e. The van der Waals surface area contributed by atoms with E-state index in [1.165, 1.54) is 36.4 Å². The lowest BCUT2D eigenvalue weighted by molar-refractivity contribution is -0.141. The lowest BCUT2D eigenvalue weighted by atomic mass is 10.1. The van der Waals surface area contributed by atoms with E-state index >= 15 is 0 Å². The number of Topliss-reactive ketones (excluding diaryl/α,β-unsaturated/α-hetero) is 1. The van der Waals surface area contributed by atoms with Crippen LogP contribution in [0, 0.1) is 0 Å². The molecule has 0 bridgehead atoms. The molecule has 0 saturated heterocycles. The summed E-state index contributed by atoms with van der Waals surface area (Å²) in [6.45, 7) is -0.927. The Morgan fingerprint density at radius 2 is 1.62 bits per heavy atom. The SMILES string of the molecule is O=C(CNC(=O)c1ccc(Cl)c(Cl)c1)OCC(=O)c1ccc(Cl)cc1Cl. The summed E-state index contributed by atoms with van der Waals surface area (Å²) in [5, 5.41) is 3.42. The van der Waals surface area contributed by atoms with Crippen LogP contribution in [-0.2, 0) is 9.53 Å². The molecule has 0 unspecified atom stereocenters. The Bertz CT molecular complexity index is 870. The second-order valence-corrected chi connectivity index (χ2v) is 6.68. The average Bonchev–Trinajstić information content (AvgIpc) is 2.59. The van der Waals surface area contributed by atoms with Crippen LogP contribution in [0.5, 0.6) is 0 Å². The molecule has 0 spiro atoms. The van der Waals surface area contributed by atoms with Gasteiger partial charge < -0.3 is 10.1 Å². The van der Waals surface area contributed by atoms with Crippen LogP contribution in [0.25, 0.3) is 0 Å². The average molecular weight is 435 g/mol. The van der Waals surface area contributed by atoms with E-state index in [1.807, 2.05) is 0 Å². The Kier molecular flexibility index (Phi) is 7.29. The summed E-state index contributed by atoms with van der Waals surface area (Å²) in [5.74, 6) is -1.81. The van der Waals surface area contributed by atoms with Crippen LogP contribution in [0.3, 0.4) is 0 Å². The molecule has 0 heterocycles. The molecule has 9 heteroatoms. The zero-order valence-electron chi connectivity index (χ0n) is 13.0. The van der Waals surface area contributed by atoms with Gasteiger partial charge in [-0.1, -0.05) is 46.4 Å². The molecule has 2 aromatic carbocycles. The highest BCUT2D eigenvalue weighted by molar-refractivity contribution is 6.42. The summed E-state index contributed by atoms with van der Waals surface area (Å²) < 4.78 is 4.83. The first kappa shape index (κ1) is 20.5. The van der Waals surface area contributed by atoms with Crippen molar-refractivity contribution < 1.29 is 19.1 Å². The number of hydrogen-bond donors (Lipinski definition) is 1. The fraction of sp³-hybridized carbons (Fsp3) is 0.118. The van der Waals surface area contributed by atoms with E-state index < -0.39 is 30.8 Å². The van der Waals surface area contributed by atoms with Gasteiger partial charge in [0.25, 0.3) is 5.91 Å². The third-order valence-corrected chi connectivity index (χ3v) is 4.46. The number of halogens is 4. The molecule has 0 radical (unpaired) electrons. The Morgan fingerprint density at radius 3 is 2.27 bits per heavy atom. The Hall–Kier alpha value is -1.79. The van der Waals surface area contributed by atoms with Crippen LogP contribution in [0.1, 0.15) is 20.7 Å². The molecule has 0 aliphatic rings. The maximum Gasteiger partial charge on any atom is 0.325 e. The maximum absolute atomic E-state index is 12.0. The molecule has 0 aliphatic carbocycles. The minimum atomic E-state index is -0.781. The summed E-state index contributed by atoms with van der Waals surface area (Å²) in [6.07, 6.45) is 0. The number of ether oxygens (including phenoxy) is 1. The number of benzene rings is 2. The molecule has 1 N–H and O–H groups in total. The summed E-state index contributed by atoms with van der Waals surface area (Å²) in [6, 6.07) is 8.64. The molecule has 5 nitrogen and oxygen atoms in total. The topological polar surface area (TPSA) is 72.5 Å². The highest BCUT2D eigenvalue weighted by Gasteiger charge is 2.15. The van der Waals surface area contributed by atoms with E-state index in [4.69, 9.17) is 51.1 Å². The molecular weight excluding hydrogens is 424 g/mol. The fourth-order valence-electron chi connectivity index (χ4n) is 1.88. The van der Waals surface area contributed by atoms with E-state index in [2.05, 4.69) is 5.32 Å². The number of amides is 1. The smallest absolute Gasteiger partial charge is 0.325 e. The van der Waals surface area contributed by atoms with Crippen LogP contribution in [0.2, 0.25) is 20.1 Å². The molecule has 0 aromatic heterocycles. The Balaban J connectivity index is 1.84. The molecular formula is C17H11Cl4NO4. The number of esters is 1. The highest BCUT2D eigenvalue weighted by atomic mass is 35.5. The predicted octanol–water partition coefficient (Wildman–Crippen LogP) is 4.46. The number of hydrogen-bond acceptors (Lipinski definition) is 4. The van der Waals surface area contributed by atoms with Gasteiger partial charge in [0.05, 0.1) is 15.1 Å². The number of carbonyl (C=O) groups excluding carboxylic acids is 3. The van der Waals surface area contributed by atoms with Gasteiger partial charge in [0, 0.05) is 16.1 Å². The predicted molar refractivity (Wildman–Crippen MR) is 101 cm³/mol. The molecule has 136 valence electrons. The van der Waals surface area contributed by atoms with E-state index in [1.54, 1.807) is 0 Å². The first-order valence-electron chi connectivity index (χ1n) is 7.15.